The van der Waals surface area contributed by atoms with E-state index in [1.165, 1.54) is 6.07 Å². The van der Waals surface area contributed by atoms with Crippen LogP contribution in [-0.2, 0) is 10.0 Å². The number of hydrogen-bond acceptors (Lipinski definition) is 4. The van der Waals surface area contributed by atoms with Gasteiger partial charge in [-0.05, 0) is 38.0 Å². The van der Waals surface area contributed by atoms with Crippen LogP contribution in [0.3, 0.4) is 0 Å². The van der Waals surface area contributed by atoms with Crippen molar-refractivity contribution in [2.75, 3.05) is 0 Å². The molecule has 0 aromatic heterocycles. The Morgan fingerprint density at radius 3 is 2.84 bits per heavy atom. The van der Waals surface area contributed by atoms with Crippen LogP contribution in [0, 0.1) is 5.82 Å². The zero-order valence-corrected chi connectivity index (χ0v) is 10.9. The van der Waals surface area contributed by atoms with E-state index < -0.39 is 15.8 Å². The highest BCUT2D eigenvalue weighted by molar-refractivity contribution is 7.90. The molecule has 102 valence electrons. The molecule has 0 radical (unpaired) electrons. The number of rotatable bonds is 1. The number of sulfonamides is 1. The molecule has 2 N–H and O–H groups in total. The summed E-state index contributed by atoms with van der Waals surface area (Å²) in [5.74, 6) is -0.612. The van der Waals surface area contributed by atoms with Crippen LogP contribution in [0.5, 0.6) is 5.75 Å². The molecular formula is C11H12FN3O3S. The quantitative estimate of drug-likeness (QED) is 0.803. The normalized spacial score (nSPS) is 24.4. The fraction of sp³-hybridized carbons (Fsp3) is 0.364. The van der Waals surface area contributed by atoms with E-state index in [0.717, 1.165) is 25.0 Å². The number of fused-ring (bicyclic) bond motifs is 1. The van der Waals surface area contributed by atoms with E-state index in [1.54, 1.807) is 0 Å². The Hall–Kier alpha value is -1.83. The van der Waals surface area contributed by atoms with Crippen LogP contribution in [0.1, 0.15) is 19.8 Å². The molecule has 0 bridgehead atoms. The Bertz CT molecular complexity index is 668. The molecule has 1 saturated carbocycles. The summed E-state index contributed by atoms with van der Waals surface area (Å²) in [5.41, 5.74) is 2.19. The first-order chi connectivity index (χ1) is 8.88. The molecule has 3 rings (SSSR count). The van der Waals surface area contributed by atoms with E-state index in [4.69, 9.17) is 4.84 Å². The van der Waals surface area contributed by atoms with Gasteiger partial charge in [0.1, 0.15) is 10.7 Å². The third kappa shape index (κ3) is 2.35. The molecule has 1 heterocycles. The maximum atomic E-state index is 13.2. The van der Waals surface area contributed by atoms with Crippen LogP contribution in [-0.4, -0.2) is 19.9 Å². The Labute approximate surface area is 109 Å². The predicted molar refractivity (Wildman–Crippen MR) is 65.6 cm³/mol. The Morgan fingerprint density at radius 2 is 2.16 bits per heavy atom. The summed E-state index contributed by atoms with van der Waals surface area (Å²) in [6, 6.07) is 3.28. The molecule has 1 aliphatic heterocycles. The Balaban J connectivity index is 2.02. The molecule has 1 fully saturated rings. The van der Waals surface area contributed by atoms with Crippen LogP contribution in [0.15, 0.2) is 28.1 Å². The maximum Gasteiger partial charge on any atom is 0.268 e. The summed E-state index contributed by atoms with van der Waals surface area (Å²) in [6.07, 6.45) is 1.78. The van der Waals surface area contributed by atoms with Crippen molar-refractivity contribution in [3.8, 4) is 5.75 Å². The van der Waals surface area contributed by atoms with Gasteiger partial charge >= 0.3 is 0 Å². The third-order valence-corrected chi connectivity index (χ3v) is 4.40. The summed E-state index contributed by atoms with van der Waals surface area (Å²) in [4.78, 5) is 9.12. The van der Waals surface area contributed by atoms with E-state index in [0.29, 0.717) is 0 Å². The van der Waals surface area contributed by atoms with Crippen molar-refractivity contribution in [3.05, 3.63) is 24.0 Å². The lowest BCUT2D eigenvalue weighted by molar-refractivity contribution is 0.253. The molecule has 1 aromatic rings. The number of halogens is 1. The van der Waals surface area contributed by atoms with Gasteiger partial charge in [0.05, 0.1) is 5.54 Å². The molecule has 8 heteroatoms. The first-order valence-corrected chi connectivity index (χ1v) is 7.21. The minimum absolute atomic E-state index is 0.0107. The van der Waals surface area contributed by atoms with Crippen molar-refractivity contribution < 1.29 is 17.6 Å². The second kappa shape index (κ2) is 3.83. The first-order valence-electron chi connectivity index (χ1n) is 5.73. The molecule has 6 nitrogen and oxygen atoms in total. The van der Waals surface area contributed by atoms with Gasteiger partial charge in [0.15, 0.2) is 5.75 Å². The summed E-state index contributed by atoms with van der Waals surface area (Å²) < 4.78 is 39.6. The number of benzene rings is 1. The predicted octanol–water partition coefficient (Wildman–Crippen LogP) is 0.910. The lowest BCUT2D eigenvalue weighted by Crippen LogP contribution is -2.40. The van der Waals surface area contributed by atoms with Crippen molar-refractivity contribution in [2.24, 2.45) is 4.99 Å². The van der Waals surface area contributed by atoms with Gasteiger partial charge in [0, 0.05) is 0 Å². The summed E-state index contributed by atoms with van der Waals surface area (Å²) in [6.45, 7) is 1.91. The van der Waals surface area contributed by atoms with Crippen LogP contribution in [0.2, 0.25) is 0 Å². The topological polar surface area (TPSA) is 79.8 Å². The van der Waals surface area contributed by atoms with Gasteiger partial charge in [0.2, 0.25) is 5.96 Å². The Kier molecular flexibility index (Phi) is 2.46. The molecular weight excluding hydrogens is 273 g/mol. The first kappa shape index (κ1) is 12.2. The lowest BCUT2D eigenvalue weighted by atomic mass is 10.3. The van der Waals surface area contributed by atoms with Crippen LogP contribution in [0.4, 0.5) is 4.39 Å². The van der Waals surface area contributed by atoms with Crippen molar-refractivity contribution in [2.45, 2.75) is 30.2 Å². The smallest absolute Gasteiger partial charge is 0.268 e. The highest BCUT2D eigenvalue weighted by Gasteiger charge is 2.38. The number of nitrogens with one attached hydrogen (secondary N) is 2. The number of hydroxylamine groups is 1. The second-order valence-electron chi connectivity index (χ2n) is 4.86. The van der Waals surface area contributed by atoms with Crippen molar-refractivity contribution in [1.29, 1.82) is 0 Å². The molecule has 0 atom stereocenters. The van der Waals surface area contributed by atoms with E-state index in [9.17, 15) is 12.8 Å². The van der Waals surface area contributed by atoms with Crippen LogP contribution >= 0.6 is 0 Å². The van der Waals surface area contributed by atoms with E-state index in [1.807, 2.05) is 6.92 Å². The van der Waals surface area contributed by atoms with Crippen LogP contribution in [0.25, 0.3) is 0 Å². The summed E-state index contributed by atoms with van der Waals surface area (Å²) in [7, 11) is -3.90. The van der Waals surface area contributed by atoms with Gasteiger partial charge in [0.25, 0.3) is 10.0 Å². The minimum atomic E-state index is -3.90. The fourth-order valence-electron chi connectivity index (χ4n) is 1.69. The SMILES string of the molecule is CC1(N=C2NOc3ccc(F)cc3S(=O)(=O)N2)CC1. The molecule has 1 aliphatic carbocycles. The number of nitrogens with zero attached hydrogens (tertiary/aromatic N) is 1. The largest absolute Gasteiger partial charge is 0.378 e. The van der Waals surface area contributed by atoms with E-state index in [-0.39, 0.29) is 22.1 Å². The molecule has 0 saturated heterocycles. The summed E-state index contributed by atoms with van der Waals surface area (Å²) >= 11 is 0. The average Bonchev–Trinajstić information content (AvgIpc) is 3.05. The molecule has 2 aliphatic rings. The molecule has 0 amide bonds. The van der Waals surface area contributed by atoms with Crippen molar-refractivity contribution in [1.82, 2.24) is 10.2 Å². The lowest BCUT2D eigenvalue weighted by Gasteiger charge is -2.09. The molecule has 0 unspecified atom stereocenters. The van der Waals surface area contributed by atoms with Gasteiger partial charge < -0.3 is 4.84 Å². The standard InChI is InChI=1S/C11H12FN3O3S/c1-11(4-5-11)13-10-14-18-8-3-2-7(12)6-9(8)19(16,17)15-10/h2-3,6H,4-5H2,1H3,(H2,13,14,15). The number of aliphatic imine (C=N–C) groups is 1. The zero-order valence-electron chi connectivity index (χ0n) is 10.1. The number of guanidine groups is 1. The summed E-state index contributed by atoms with van der Waals surface area (Å²) in [5, 5.41) is 0. The van der Waals surface area contributed by atoms with Crippen LogP contribution < -0.4 is 15.0 Å². The molecule has 19 heavy (non-hydrogen) atoms. The zero-order chi connectivity index (χ0) is 13.7. The van der Waals surface area contributed by atoms with E-state index >= 15 is 0 Å². The maximum absolute atomic E-state index is 13.2. The second-order valence-corrected chi connectivity index (χ2v) is 6.51. The van der Waals surface area contributed by atoms with Gasteiger partial charge in [-0.1, -0.05) is 0 Å². The monoisotopic (exact) mass is 285 g/mol. The molecule has 0 spiro atoms. The van der Waals surface area contributed by atoms with Gasteiger partial charge in [-0.2, -0.15) is 5.48 Å². The highest BCUT2D eigenvalue weighted by atomic mass is 32.2. The third-order valence-electron chi connectivity index (χ3n) is 3.04. The van der Waals surface area contributed by atoms with Gasteiger partial charge in [-0.15, -0.1) is 0 Å². The van der Waals surface area contributed by atoms with Gasteiger partial charge in [-0.25, -0.2) is 22.5 Å². The highest BCUT2D eigenvalue weighted by Crippen LogP contribution is 2.39. The van der Waals surface area contributed by atoms with E-state index in [2.05, 4.69) is 15.2 Å². The molecule has 1 aromatic carbocycles. The van der Waals surface area contributed by atoms with Crippen molar-refractivity contribution >= 4 is 16.0 Å². The Morgan fingerprint density at radius 1 is 1.42 bits per heavy atom. The number of hydrogen-bond donors (Lipinski definition) is 2. The average molecular weight is 285 g/mol. The fourth-order valence-corrected chi connectivity index (χ4v) is 2.79. The van der Waals surface area contributed by atoms with Gasteiger partial charge in [-0.3, -0.25) is 0 Å². The minimum Gasteiger partial charge on any atom is -0.378 e. The van der Waals surface area contributed by atoms with Crippen molar-refractivity contribution in [3.63, 3.8) is 0 Å².